The fourth-order valence-corrected chi connectivity index (χ4v) is 3.28. The van der Waals surface area contributed by atoms with Crippen molar-refractivity contribution in [1.82, 2.24) is 14.8 Å². The number of nitrogens with two attached hydrogens (primary N) is 1. The molecule has 0 unspecified atom stereocenters. The molecule has 102 valence electrons. The molecule has 6 heteroatoms. The Labute approximate surface area is 113 Å². The van der Waals surface area contributed by atoms with Crippen molar-refractivity contribution >= 4 is 16.5 Å². The monoisotopic (exact) mass is 269 g/mol. The molecular weight excluding hydrogens is 246 g/mol. The first kappa shape index (κ1) is 13.7. The van der Waals surface area contributed by atoms with Crippen molar-refractivity contribution in [2.75, 3.05) is 39.2 Å². The van der Waals surface area contributed by atoms with E-state index in [1.54, 1.807) is 11.3 Å². The minimum atomic E-state index is 0.799. The van der Waals surface area contributed by atoms with E-state index in [9.17, 15) is 0 Å². The number of nitrogen functional groups attached to an aromatic ring is 1. The van der Waals surface area contributed by atoms with E-state index in [4.69, 9.17) is 5.84 Å². The predicted molar refractivity (Wildman–Crippen MR) is 76.5 cm³/mol. The number of hydrazine groups is 1. The van der Waals surface area contributed by atoms with Gasteiger partial charge in [0, 0.05) is 24.2 Å². The molecule has 0 atom stereocenters. The highest BCUT2D eigenvalue weighted by Crippen LogP contribution is 2.23. The van der Waals surface area contributed by atoms with Gasteiger partial charge in [-0.2, -0.15) is 0 Å². The first-order valence-corrected chi connectivity index (χ1v) is 7.27. The molecule has 18 heavy (non-hydrogen) atoms. The molecule has 2 rings (SSSR count). The highest BCUT2D eigenvalue weighted by molar-refractivity contribution is 7.15. The highest BCUT2D eigenvalue weighted by Gasteiger charge is 2.20. The van der Waals surface area contributed by atoms with Crippen LogP contribution in [0.4, 0.5) is 5.13 Å². The molecule has 0 aromatic carbocycles. The van der Waals surface area contributed by atoms with E-state index in [1.807, 2.05) is 6.20 Å². The van der Waals surface area contributed by atoms with Crippen molar-refractivity contribution < 1.29 is 0 Å². The summed E-state index contributed by atoms with van der Waals surface area (Å²) in [7, 11) is 4.32. The van der Waals surface area contributed by atoms with Gasteiger partial charge in [-0.1, -0.05) is 11.3 Å². The van der Waals surface area contributed by atoms with Gasteiger partial charge in [-0.3, -0.25) is 10.3 Å². The van der Waals surface area contributed by atoms with Crippen LogP contribution < -0.4 is 11.3 Å². The molecule has 1 aromatic heterocycles. The van der Waals surface area contributed by atoms with E-state index < -0.39 is 0 Å². The number of hydrogen-bond acceptors (Lipinski definition) is 6. The van der Waals surface area contributed by atoms with Crippen molar-refractivity contribution in [3.8, 4) is 0 Å². The summed E-state index contributed by atoms with van der Waals surface area (Å²) in [6.45, 7) is 4.62. The van der Waals surface area contributed by atoms with Crippen molar-refractivity contribution in [2.45, 2.75) is 19.4 Å². The third-order valence-corrected chi connectivity index (χ3v) is 4.30. The largest absolute Gasteiger partial charge is 0.309 e. The van der Waals surface area contributed by atoms with Crippen LogP contribution in [0.2, 0.25) is 0 Å². The average molecular weight is 269 g/mol. The quantitative estimate of drug-likeness (QED) is 0.621. The zero-order valence-electron chi connectivity index (χ0n) is 11.2. The van der Waals surface area contributed by atoms with E-state index in [2.05, 4.69) is 34.3 Å². The molecule has 0 aliphatic carbocycles. The predicted octanol–water partition coefficient (Wildman–Crippen LogP) is 1.20. The maximum atomic E-state index is 5.34. The van der Waals surface area contributed by atoms with Gasteiger partial charge in [0.05, 0.1) is 0 Å². The van der Waals surface area contributed by atoms with E-state index in [0.717, 1.165) is 17.6 Å². The maximum Gasteiger partial charge on any atom is 0.197 e. The molecular formula is C12H23N5S. The van der Waals surface area contributed by atoms with Crippen LogP contribution in [0.1, 0.15) is 17.7 Å². The number of anilines is 1. The summed E-state index contributed by atoms with van der Waals surface area (Å²) in [6, 6.07) is 0. The number of hydrogen-bond donors (Lipinski definition) is 2. The SMILES string of the molecule is CN(C)CC1CCN(Cc2cnc(NN)s2)CC1. The Morgan fingerprint density at radius 3 is 2.78 bits per heavy atom. The second-order valence-corrected chi connectivity index (χ2v) is 6.37. The number of aromatic nitrogens is 1. The second kappa shape index (κ2) is 6.47. The Morgan fingerprint density at radius 1 is 1.50 bits per heavy atom. The second-order valence-electron chi connectivity index (χ2n) is 5.26. The van der Waals surface area contributed by atoms with Gasteiger partial charge in [-0.05, 0) is 45.9 Å². The lowest BCUT2D eigenvalue weighted by Gasteiger charge is -2.32. The molecule has 2 heterocycles. The summed E-state index contributed by atoms with van der Waals surface area (Å²) >= 11 is 1.64. The molecule has 0 amide bonds. The van der Waals surface area contributed by atoms with Crippen molar-refractivity contribution in [2.24, 2.45) is 11.8 Å². The standard InChI is InChI=1S/C12H23N5S/c1-16(2)8-10-3-5-17(6-4-10)9-11-7-14-12(15-13)18-11/h7,10H,3-6,8-9,13H2,1-2H3,(H,14,15). The fraction of sp³-hybridized carbons (Fsp3) is 0.750. The number of nitrogens with one attached hydrogen (secondary N) is 1. The highest BCUT2D eigenvalue weighted by atomic mass is 32.1. The van der Waals surface area contributed by atoms with Gasteiger partial charge in [-0.25, -0.2) is 10.8 Å². The van der Waals surface area contributed by atoms with Gasteiger partial charge >= 0.3 is 0 Å². The van der Waals surface area contributed by atoms with Gasteiger partial charge in [0.2, 0.25) is 0 Å². The van der Waals surface area contributed by atoms with Crippen LogP contribution in [0.25, 0.3) is 0 Å². The van der Waals surface area contributed by atoms with Crippen LogP contribution >= 0.6 is 11.3 Å². The zero-order valence-corrected chi connectivity index (χ0v) is 12.0. The zero-order chi connectivity index (χ0) is 13.0. The Morgan fingerprint density at radius 2 is 2.22 bits per heavy atom. The molecule has 1 aromatic rings. The lowest BCUT2D eigenvalue weighted by molar-refractivity contribution is 0.158. The molecule has 0 saturated carbocycles. The summed E-state index contributed by atoms with van der Waals surface area (Å²) in [4.78, 5) is 10.3. The Hall–Kier alpha value is -0.690. The third-order valence-electron chi connectivity index (χ3n) is 3.39. The summed E-state index contributed by atoms with van der Waals surface area (Å²) in [5.41, 5.74) is 2.60. The van der Waals surface area contributed by atoms with E-state index in [1.165, 1.54) is 37.4 Å². The Bertz CT molecular complexity index is 357. The summed E-state index contributed by atoms with van der Waals surface area (Å²) in [6.07, 6.45) is 4.53. The Kier molecular flexibility index (Phi) is 4.94. The maximum absolute atomic E-state index is 5.34. The molecule has 5 nitrogen and oxygen atoms in total. The molecule has 0 bridgehead atoms. The molecule has 0 radical (unpaired) electrons. The first-order valence-electron chi connectivity index (χ1n) is 6.46. The minimum absolute atomic E-state index is 0.799. The Balaban J connectivity index is 1.76. The van der Waals surface area contributed by atoms with E-state index in [0.29, 0.717) is 0 Å². The molecule has 3 N–H and O–H groups in total. The van der Waals surface area contributed by atoms with E-state index in [-0.39, 0.29) is 0 Å². The molecule has 1 aliphatic heterocycles. The van der Waals surface area contributed by atoms with Crippen LogP contribution in [0.3, 0.4) is 0 Å². The summed E-state index contributed by atoms with van der Waals surface area (Å²) in [5.74, 6) is 6.20. The van der Waals surface area contributed by atoms with Crippen LogP contribution in [-0.4, -0.2) is 48.5 Å². The number of thiazole rings is 1. The van der Waals surface area contributed by atoms with Gasteiger partial charge < -0.3 is 4.90 Å². The number of likely N-dealkylation sites (tertiary alicyclic amines) is 1. The minimum Gasteiger partial charge on any atom is -0.309 e. The smallest absolute Gasteiger partial charge is 0.197 e. The van der Waals surface area contributed by atoms with Crippen molar-refractivity contribution in [3.05, 3.63) is 11.1 Å². The summed E-state index contributed by atoms with van der Waals surface area (Å²) < 4.78 is 0. The molecule has 0 spiro atoms. The lowest BCUT2D eigenvalue weighted by Crippen LogP contribution is -2.36. The third kappa shape index (κ3) is 3.91. The molecule has 1 saturated heterocycles. The van der Waals surface area contributed by atoms with Gasteiger partial charge in [0.25, 0.3) is 0 Å². The fourth-order valence-electron chi connectivity index (χ4n) is 2.51. The summed E-state index contributed by atoms with van der Waals surface area (Å²) in [5, 5.41) is 0.799. The normalized spacial score (nSPS) is 18.4. The number of rotatable bonds is 5. The average Bonchev–Trinajstić information content (AvgIpc) is 2.79. The number of nitrogens with zero attached hydrogens (tertiary/aromatic N) is 3. The van der Waals surface area contributed by atoms with E-state index >= 15 is 0 Å². The van der Waals surface area contributed by atoms with Crippen molar-refractivity contribution in [3.63, 3.8) is 0 Å². The van der Waals surface area contributed by atoms with Gasteiger partial charge in [0.1, 0.15) is 0 Å². The van der Waals surface area contributed by atoms with Crippen LogP contribution in [0.5, 0.6) is 0 Å². The van der Waals surface area contributed by atoms with Gasteiger partial charge in [-0.15, -0.1) is 0 Å². The van der Waals surface area contributed by atoms with Crippen LogP contribution in [-0.2, 0) is 6.54 Å². The number of piperidine rings is 1. The topological polar surface area (TPSA) is 57.4 Å². The molecule has 1 fully saturated rings. The lowest BCUT2D eigenvalue weighted by atomic mass is 9.96. The van der Waals surface area contributed by atoms with Gasteiger partial charge in [0.15, 0.2) is 5.13 Å². The van der Waals surface area contributed by atoms with Crippen LogP contribution in [0.15, 0.2) is 6.20 Å². The first-order chi connectivity index (χ1) is 8.67. The molecule has 1 aliphatic rings. The van der Waals surface area contributed by atoms with Crippen LogP contribution in [0, 0.1) is 5.92 Å². The van der Waals surface area contributed by atoms with Crippen molar-refractivity contribution in [1.29, 1.82) is 0 Å².